The van der Waals surface area contributed by atoms with E-state index in [9.17, 15) is 4.79 Å². The largest absolute Gasteiger partial charge is 0.467 e. The molecule has 116 valence electrons. The van der Waals surface area contributed by atoms with Gasteiger partial charge in [0.05, 0.1) is 18.4 Å². The molecular formula is C16H20N4O2. The number of hydrogen-bond donors (Lipinski definition) is 1. The van der Waals surface area contributed by atoms with Crippen molar-refractivity contribution in [2.45, 2.75) is 26.3 Å². The first-order chi connectivity index (χ1) is 10.7. The molecule has 6 heteroatoms. The quantitative estimate of drug-likeness (QED) is 0.937. The molecule has 2 aromatic heterocycles. The average molecular weight is 300 g/mol. The molecule has 1 saturated heterocycles. The van der Waals surface area contributed by atoms with Crippen molar-refractivity contribution >= 4 is 11.9 Å². The third-order valence-electron chi connectivity index (χ3n) is 3.84. The Morgan fingerprint density at radius 3 is 2.95 bits per heavy atom. The summed E-state index contributed by atoms with van der Waals surface area (Å²) in [4.78, 5) is 22.9. The van der Waals surface area contributed by atoms with Crippen molar-refractivity contribution in [2.24, 2.45) is 5.92 Å². The lowest BCUT2D eigenvalue weighted by molar-refractivity contribution is 0.0947. The molecule has 0 radical (unpaired) electrons. The molecule has 3 rings (SSSR count). The number of carbonyl (C=O) groups is 1. The van der Waals surface area contributed by atoms with Gasteiger partial charge in [-0.25, -0.2) is 9.97 Å². The second kappa shape index (κ2) is 6.60. The fourth-order valence-corrected chi connectivity index (χ4v) is 2.66. The maximum atomic E-state index is 12.0. The van der Waals surface area contributed by atoms with Crippen LogP contribution in [0, 0.1) is 5.92 Å². The predicted octanol–water partition coefficient (Wildman–Crippen LogP) is 2.24. The summed E-state index contributed by atoms with van der Waals surface area (Å²) < 4.78 is 5.18. The van der Waals surface area contributed by atoms with Gasteiger partial charge < -0.3 is 14.6 Å². The SMILES string of the molecule is CC1CCCN(c2ncc(C(=O)NCc3ccco3)cn2)C1. The number of nitrogens with zero attached hydrogens (tertiary/aromatic N) is 3. The molecular weight excluding hydrogens is 280 g/mol. The lowest BCUT2D eigenvalue weighted by Gasteiger charge is -2.30. The van der Waals surface area contributed by atoms with Crippen LogP contribution in [0.15, 0.2) is 35.2 Å². The summed E-state index contributed by atoms with van der Waals surface area (Å²) >= 11 is 0. The number of nitrogens with one attached hydrogen (secondary N) is 1. The number of furan rings is 1. The van der Waals surface area contributed by atoms with Crippen LogP contribution in [0.5, 0.6) is 0 Å². The lowest BCUT2D eigenvalue weighted by atomic mass is 10.0. The number of aromatic nitrogens is 2. The Labute approximate surface area is 129 Å². The second-order valence-corrected chi connectivity index (χ2v) is 5.73. The number of anilines is 1. The minimum absolute atomic E-state index is 0.199. The fourth-order valence-electron chi connectivity index (χ4n) is 2.66. The van der Waals surface area contributed by atoms with E-state index in [1.54, 1.807) is 24.7 Å². The molecule has 0 saturated carbocycles. The first-order valence-corrected chi connectivity index (χ1v) is 7.60. The van der Waals surface area contributed by atoms with Gasteiger partial charge in [0.2, 0.25) is 5.95 Å². The normalized spacial score (nSPS) is 18.2. The Balaban J connectivity index is 1.59. The van der Waals surface area contributed by atoms with Gasteiger partial charge >= 0.3 is 0 Å². The van der Waals surface area contributed by atoms with Crippen LogP contribution >= 0.6 is 0 Å². The number of hydrogen-bond acceptors (Lipinski definition) is 5. The minimum atomic E-state index is -0.199. The highest BCUT2D eigenvalue weighted by Crippen LogP contribution is 2.19. The van der Waals surface area contributed by atoms with Gasteiger partial charge in [-0.15, -0.1) is 0 Å². The third kappa shape index (κ3) is 3.44. The van der Waals surface area contributed by atoms with E-state index in [1.807, 2.05) is 6.07 Å². The molecule has 1 atom stereocenters. The van der Waals surface area contributed by atoms with Gasteiger partial charge in [0.1, 0.15) is 5.76 Å². The van der Waals surface area contributed by atoms with Crippen molar-refractivity contribution in [1.29, 1.82) is 0 Å². The first kappa shape index (κ1) is 14.6. The Morgan fingerprint density at radius 2 is 2.27 bits per heavy atom. The molecule has 0 aliphatic carbocycles. The van der Waals surface area contributed by atoms with Gasteiger partial charge in [-0.05, 0) is 30.9 Å². The van der Waals surface area contributed by atoms with Crippen LogP contribution in [0.4, 0.5) is 5.95 Å². The van der Waals surface area contributed by atoms with E-state index in [4.69, 9.17) is 4.42 Å². The van der Waals surface area contributed by atoms with Crippen molar-refractivity contribution in [3.05, 3.63) is 42.1 Å². The highest BCUT2D eigenvalue weighted by molar-refractivity contribution is 5.93. The van der Waals surface area contributed by atoms with E-state index in [1.165, 1.54) is 6.42 Å². The van der Waals surface area contributed by atoms with E-state index in [0.29, 0.717) is 29.7 Å². The zero-order chi connectivity index (χ0) is 15.4. The number of carbonyl (C=O) groups excluding carboxylic acids is 1. The van der Waals surface area contributed by atoms with Crippen molar-refractivity contribution < 1.29 is 9.21 Å². The lowest BCUT2D eigenvalue weighted by Crippen LogP contribution is -2.35. The van der Waals surface area contributed by atoms with Crippen molar-refractivity contribution in [1.82, 2.24) is 15.3 Å². The van der Waals surface area contributed by atoms with Crippen LogP contribution in [0.2, 0.25) is 0 Å². The van der Waals surface area contributed by atoms with E-state index in [0.717, 1.165) is 19.5 Å². The smallest absolute Gasteiger partial charge is 0.254 e. The van der Waals surface area contributed by atoms with Crippen LogP contribution in [0.3, 0.4) is 0 Å². The molecule has 1 aliphatic rings. The second-order valence-electron chi connectivity index (χ2n) is 5.73. The molecule has 1 N–H and O–H groups in total. The summed E-state index contributed by atoms with van der Waals surface area (Å²) in [6.07, 6.45) is 7.16. The van der Waals surface area contributed by atoms with Gasteiger partial charge in [0.25, 0.3) is 5.91 Å². The van der Waals surface area contributed by atoms with Crippen LogP contribution in [0.25, 0.3) is 0 Å². The Kier molecular flexibility index (Phi) is 4.37. The van der Waals surface area contributed by atoms with E-state index >= 15 is 0 Å². The highest BCUT2D eigenvalue weighted by atomic mass is 16.3. The maximum Gasteiger partial charge on any atom is 0.254 e. The van der Waals surface area contributed by atoms with Crippen LogP contribution in [-0.4, -0.2) is 29.0 Å². The molecule has 0 bridgehead atoms. The van der Waals surface area contributed by atoms with Crippen LogP contribution in [-0.2, 0) is 6.54 Å². The predicted molar refractivity (Wildman–Crippen MR) is 82.5 cm³/mol. The van der Waals surface area contributed by atoms with Gasteiger partial charge in [-0.3, -0.25) is 4.79 Å². The Hall–Kier alpha value is -2.37. The van der Waals surface area contributed by atoms with E-state index in [-0.39, 0.29) is 5.91 Å². The zero-order valence-corrected chi connectivity index (χ0v) is 12.7. The standard InChI is InChI=1S/C16H20N4O2/c1-12-4-2-6-20(11-12)16-18-8-13(9-19-16)15(21)17-10-14-5-3-7-22-14/h3,5,7-9,12H,2,4,6,10-11H2,1H3,(H,17,21). The monoisotopic (exact) mass is 300 g/mol. The van der Waals surface area contributed by atoms with E-state index in [2.05, 4.69) is 27.1 Å². The summed E-state index contributed by atoms with van der Waals surface area (Å²) in [6, 6.07) is 3.61. The van der Waals surface area contributed by atoms with Crippen LogP contribution < -0.4 is 10.2 Å². The minimum Gasteiger partial charge on any atom is -0.467 e. The molecule has 22 heavy (non-hydrogen) atoms. The van der Waals surface area contributed by atoms with Crippen molar-refractivity contribution in [3.8, 4) is 0 Å². The number of piperidine rings is 1. The fraction of sp³-hybridized carbons (Fsp3) is 0.438. The van der Waals surface area contributed by atoms with E-state index < -0.39 is 0 Å². The van der Waals surface area contributed by atoms with Crippen molar-refractivity contribution in [3.63, 3.8) is 0 Å². The molecule has 0 aromatic carbocycles. The molecule has 3 heterocycles. The van der Waals surface area contributed by atoms with Crippen molar-refractivity contribution in [2.75, 3.05) is 18.0 Å². The molecule has 6 nitrogen and oxygen atoms in total. The van der Waals surface area contributed by atoms with Gasteiger partial charge in [0, 0.05) is 25.5 Å². The zero-order valence-electron chi connectivity index (χ0n) is 12.7. The van der Waals surface area contributed by atoms with Crippen LogP contribution in [0.1, 0.15) is 35.9 Å². The summed E-state index contributed by atoms with van der Waals surface area (Å²) in [5.41, 5.74) is 0.459. The number of rotatable bonds is 4. The van der Waals surface area contributed by atoms with Gasteiger partial charge in [0.15, 0.2) is 0 Å². The molecule has 1 fully saturated rings. The molecule has 1 unspecified atom stereocenters. The third-order valence-corrected chi connectivity index (χ3v) is 3.84. The maximum absolute atomic E-state index is 12.0. The Morgan fingerprint density at radius 1 is 1.45 bits per heavy atom. The topological polar surface area (TPSA) is 71.3 Å². The molecule has 1 amide bonds. The molecule has 2 aromatic rings. The first-order valence-electron chi connectivity index (χ1n) is 7.60. The molecule has 1 aliphatic heterocycles. The average Bonchev–Trinajstić information content (AvgIpc) is 3.06. The number of amides is 1. The summed E-state index contributed by atoms with van der Waals surface area (Å²) in [5, 5.41) is 2.78. The Bertz CT molecular complexity index is 610. The molecule has 0 spiro atoms. The van der Waals surface area contributed by atoms with Gasteiger partial charge in [-0.2, -0.15) is 0 Å². The highest BCUT2D eigenvalue weighted by Gasteiger charge is 2.18. The van der Waals surface area contributed by atoms with Gasteiger partial charge in [-0.1, -0.05) is 6.92 Å². The summed E-state index contributed by atoms with van der Waals surface area (Å²) in [5.74, 6) is 1.88. The summed E-state index contributed by atoms with van der Waals surface area (Å²) in [7, 11) is 0. The summed E-state index contributed by atoms with van der Waals surface area (Å²) in [6.45, 7) is 4.55.